The number of hydrogen-bond donors (Lipinski definition) is 1. The topological polar surface area (TPSA) is 17.0 Å². The van der Waals surface area contributed by atoms with E-state index in [4.69, 9.17) is 0 Å². The molecule has 1 aromatic carbocycles. The van der Waals surface area contributed by atoms with Crippen molar-refractivity contribution in [2.24, 2.45) is 0 Å². The van der Waals surface area contributed by atoms with Crippen LogP contribution in [0.1, 0.15) is 29.8 Å². The van der Waals surface area contributed by atoms with Gasteiger partial charge in [-0.2, -0.15) is 0 Å². The van der Waals surface area contributed by atoms with E-state index in [9.17, 15) is 0 Å². The van der Waals surface area contributed by atoms with Gasteiger partial charge in [0, 0.05) is 35.7 Å². The molecule has 2 aromatic rings. The van der Waals surface area contributed by atoms with Crippen LogP contribution in [0.5, 0.6) is 0 Å². The van der Waals surface area contributed by atoms with Crippen molar-refractivity contribution in [3.63, 3.8) is 0 Å². The molecule has 1 N–H and O–H groups in total. The van der Waals surface area contributed by atoms with Crippen LogP contribution in [0, 0.1) is 13.8 Å². The predicted molar refractivity (Wildman–Crippen MR) is 67.8 cm³/mol. The summed E-state index contributed by atoms with van der Waals surface area (Å²) in [6, 6.07) is 7.25. The summed E-state index contributed by atoms with van der Waals surface area (Å²) in [6.45, 7) is 8.83. The number of aromatic nitrogens is 1. The lowest BCUT2D eigenvalue weighted by Gasteiger charge is -2.24. The number of rotatable bonds is 0. The number of aryl methyl sites for hydroxylation is 2. The van der Waals surface area contributed by atoms with Crippen LogP contribution in [0.25, 0.3) is 10.9 Å². The van der Waals surface area contributed by atoms with Gasteiger partial charge >= 0.3 is 0 Å². The molecule has 0 saturated carbocycles. The van der Waals surface area contributed by atoms with Crippen LogP contribution in [0.4, 0.5) is 0 Å². The van der Waals surface area contributed by atoms with Crippen LogP contribution >= 0.6 is 0 Å². The van der Waals surface area contributed by atoms with Gasteiger partial charge in [0.2, 0.25) is 0 Å². The van der Waals surface area contributed by atoms with Crippen molar-refractivity contribution in [2.75, 3.05) is 6.54 Å². The van der Waals surface area contributed by atoms with Gasteiger partial charge in [0.15, 0.2) is 0 Å². The summed E-state index contributed by atoms with van der Waals surface area (Å²) in [5, 5.41) is 4.95. The molecule has 1 aromatic heterocycles. The number of benzene rings is 1. The molecule has 0 spiro atoms. The smallest absolute Gasteiger partial charge is 0.0488 e. The highest BCUT2D eigenvalue weighted by molar-refractivity contribution is 5.86. The highest BCUT2D eigenvalue weighted by Gasteiger charge is 2.21. The van der Waals surface area contributed by atoms with Crippen molar-refractivity contribution < 1.29 is 0 Å². The molecule has 1 aliphatic heterocycles. The van der Waals surface area contributed by atoms with Gasteiger partial charge in [0.1, 0.15) is 0 Å². The Morgan fingerprint density at radius 1 is 1.31 bits per heavy atom. The fourth-order valence-corrected chi connectivity index (χ4v) is 2.94. The van der Waals surface area contributed by atoms with Gasteiger partial charge < -0.3 is 9.88 Å². The minimum absolute atomic E-state index is 0.474. The summed E-state index contributed by atoms with van der Waals surface area (Å²) in [6.07, 6.45) is 0. The van der Waals surface area contributed by atoms with Crippen LogP contribution < -0.4 is 5.32 Å². The Morgan fingerprint density at radius 2 is 2.12 bits per heavy atom. The maximum atomic E-state index is 3.53. The van der Waals surface area contributed by atoms with Crippen LogP contribution in [-0.2, 0) is 6.54 Å². The Labute approximate surface area is 96.3 Å². The lowest BCUT2D eigenvalue weighted by Crippen LogP contribution is -2.31. The summed E-state index contributed by atoms with van der Waals surface area (Å²) in [5.74, 6) is 0. The molecule has 1 unspecified atom stereocenters. The van der Waals surface area contributed by atoms with Gasteiger partial charge in [-0.1, -0.05) is 12.1 Å². The fourth-order valence-electron chi connectivity index (χ4n) is 2.94. The first kappa shape index (κ1) is 9.91. The maximum absolute atomic E-state index is 3.53. The Hall–Kier alpha value is -1.28. The third-order valence-electron chi connectivity index (χ3n) is 3.72. The van der Waals surface area contributed by atoms with Gasteiger partial charge in [0.25, 0.3) is 0 Å². The van der Waals surface area contributed by atoms with E-state index >= 15 is 0 Å². The van der Waals surface area contributed by atoms with Crippen molar-refractivity contribution >= 4 is 10.9 Å². The van der Waals surface area contributed by atoms with E-state index in [2.05, 4.69) is 48.9 Å². The fraction of sp³-hybridized carbons (Fsp3) is 0.429. The number of nitrogens with one attached hydrogen (secondary N) is 1. The van der Waals surface area contributed by atoms with Gasteiger partial charge in [0.05, 0.1) is 0 Å². The second kappa shape index (κ2) is 3.36. The standard InChI is InChI=1S/C14H18N2/c1-9-4-5-12-10(2)14-11(3)15-6-7-16(14)13(12)8-9/h4-5,8,11,15H,6-7H2,1-3H3. The lowest BCUT2D eigenvalue weighted by atomic mass is 10.1. The average Bonchev–Trinajstić information content (AvgIpc) is 2.54. The van der Waals surface area contributed by atoms with Crippen LogP contribution in [0.3, 0.4) is 0 Å². The minimum Gasteiger partial charge on any atom is -0.342 e. The Morgan fingerprint density at radius 3 is 2.94 bits per heavy atom. The first-order valence-electron chi connectivity index (χ1n) is 6.01. The van der Waals surface area contributed by atoms with Crippen LogP contribution in [-0.4, -0.2) is 11.1 Å². The zero-order chi connectivity index (χ0) is 11.3. The van der Waals surface area contributed by atoms with E-state index in [0.717, 1.165) is 13.1 Å². The predicted octanol–water partition coefficient (Wildman–Crippen LogP) is 2.92. The summed E-state index contributed by atoms with van der Waals surface area (Å²) >= 11 is 0. The molecule has 1 atom stereocenters. The van der Waals surface area contributed by atoms with E-state index in [-0.39, 0.29) is 0 Å². The third-order valence-corrected chi connectivity index (χ3v) is 3.72. The molecular weight excluding hydrogens is 196 g/mol. The van der Waals surface area contributed by atoms with Crippen molar-refractivity contribution in [1.29, 1.82) is 0 Å². The van der Waals surface area contributed by atoms with E-state index in [1.165, 1.54) is 27.7 Å². The number of fused-ring (bicyclic) bond motifs is 3. The van der Waals surface area contributed by atoms with Gasteiger partial charge in [-0.15, -0.1) is 0 Å². The third kappa shape index (κ3) is 1.23. The summed E-state index contributed by atoms with van der Waals surface area (Å²) < 4.78 is 2.48. The molecule has 0 aliphatic carbocycles. The van der Waals surface area contributed by atoms with Gasteiger partial charge in [-0.05, 0) is 38.0 Å². The van der Waals surface area contributed by atoms with E-state index < -0.39 is 0 Å². The van der Waals surface area contributed by atoms with E-state index in [0.29, 0.717) is 6.04 Å². The first-order valence-corrected chi connectivity index (χ1v) is 6.01. The van der Waals surface area contributed by atoms with Gasteiger partial charge in [-0.25, -0.2) is 0 Å². The molecule has 0 bridgehead atoms. The monoisotopic (exact) mass is 214 g/mol. The maximum Gasteiger partial charge on any atom is 0.0488 e. The van der Waals surface area contributed by atoms with Crippen LogP contribution in [0.15, 0.2) is 18.2 Å². The molecule has 16 heavy (non-hydrogen) atoms. The second-order valence-corrected chi connectivity index (χ2v) is 4.86. The lowest BCUT2D eigenvalue weighted by molar-refractivity contribution is 0.453. The molecule has 1 aliphatic rings. The molecule has 2 nitrogen and oxygen atoms in total. The highest BCUT2D eigenvalue weighted by Crippen LogP contribution is 2.31. The quantitative estimate of drug-likeness (QED) is 0.713. The normalized spacial score (nSPS) is 20.1. The van der Waals surface area contributed by atoms with Crippen molar-refractivity contribution in [2.45, 2.75) is 33.4 Å². The zero-order valence-corrected chi connectivity index (χ0v) is 10.2. The van der Waals surface area contributed by atoms with Crippen molar-refractivity contribution in [3.05, 3.63) is 35.0 Å². The number of hydrogen-bond acceptors (Lipinski definition) is 1. The average molecular weight is 214 g/mol. The molecule has 0 amide bonds. The molecule has 0 saturated heterocycles. The SMILES string of the molecule is Cc1ccc2c(C)c3n(c2c1)CCNC3C. The molecule has 0 fully saturated rings. The molecule has 84 valence electrons. The molecular formula is C14H18N2. The molecule has 2 heteroatoms. The first-order chi connectivity index (χ1) is 7.68. The van der Waals surface area contributed by atoms with Gasteiger partial charge in [-0.3, -0.25) is 0 Å². The Balaban J connectivity index is 2.39. The van der Waals surface area contributed by atoms with Crippen molar-refractivity contribution in [3.8, 4) is 0 Å². The zero-order valence-electron chi connectivity index (χ0n) is 10.2. The van der Waals surface area contributed by atoms with E-state index in [1.54, 1.807) is 0 Å². The van der Waals surface area contributed by atoms with Crippen LogP contribution in [0.2, 0.25) is 0 Å². The number of nitrogens with zero attached hydrogens (tertiary/aromatic N) is 1. The van der Waals surface area contributed by atoms with Crippen molar-refractivity contribution in [1.82, 2.24) is 9.88 Å². The molecule has 2 heterocycles. The minimum atomic E-state index is 0.474. The summed E-state index contributed by atoms with van der Waals surface area (Å²) in [4.78, 5) is 0. The van der Waals surface area contributed by atoms with E-state index in [1.807, 2.05) is 0 Å². The largest absolute Gasteiger partial charge is 0.342 e. The molecule has 3 rings (SSSR count). The Kier molecular flexibility index (Phi) is 2.08. The molecule has 0 radical (unpaired) electrons. The summed E-state index contributed by atoms with van der Waals surface area (Å²) in [5.41, 5.74) is 5.65. The highest BCUT2D eigenvalue weighted by atomic mass is 15.1. The Bertz CT molecular complexity index is 551. The second-order valence-electron chi connectivity index (χ2n) is 4.86. The summed E-state index contributed by atoms with van der Waals surface area (Å²) in [7, 11) is 0.